The molecule has 1 aromatic heterocycles. The van der Waals surface area contributed by atoms with Crippen molar-refractivity contribution in [1.82, 2.24) is 0 Å². The topological polar surface area (TPSA) is 57.6 Å². The number of thioether (sulfide) groups is 1. The Bertz CT molecular complexity index is 801. The van der Waals surface area contributed by atoms with Crippen LogP contribution in [0.3, 0.4) is 0 Å². The Morgan fingerprint density at radius 2 is 1.80 bits per heavy atom. The summed E-state index contributed by atoms with van der Waals surface area (Å²) >= 11 is 3.30. The highest BCUT2D eigenvalue weighted by Gasteiger charge is 2.36. The van der Waals surface area contributed by atoms with E-state index in [1.165, 1.54) is 23.3 Å². The van der Waals surface area contributed by atoms with Crippen molar-refractivity contribution in [2.24, 2.45) is 11.8 Å². The molecule has 1 saturated carbocycles. The number of nitrogens with zero attached hydrogens (tertiary/aromatic N) is 1. The monoisotopic (exact) mass is 447 g/mol. The van der Waals surface area contributed by atoms with E-state index >= 15 is 0 Å². The lowest BCUT2D eigenvalue weighted by Gasteiger charge is -2.37. The smallest absolute Gasteiger partial charge is 0.348 e. The summed E-state index contributed by atoms with van der Waals surface area (Å²) in [6.07, 6.45) is 12.7. The molecule has 0 bridgehead atoms. The lowest BCUT2D eigenvalue weighted by molar-refractivity contribution is -0.124. The lowest BCUT2D eigenvalue weighted by atomic mass is 9.82. The Morgan fingerprint density at radius 1 is 1.07 bits per heavy atom. The molecule has 1 N–H and O–H groups in total. The summed E-state index contributed by atoms with van der Waals surface area (Å²) in [5.41, 5.74) is 1.92. The predicted molar refractivity (Wildman–Crippen MR) is 127 cm³/mol. The molecule has 0 radical (unpaired) electrons. The van der Waals surface area contributed by atoms with Crippen molar-refractivity contribution in [3.05, 3.63) is 21.9 Å². The maximum atomic E-state index is 13.8. The fourth-order valence-corrected chi connectivity index (χ4v) is 7.21. The lowest BCUT2D eigenvalue weighted by Crippen LogP contribution is -2.46. The van der Waals surface area contributed by atoms with E-state index < -0.39 is 5.97 Å². The minimum atomic E-state index is -0.905. The number of carboxylic acid groups (broad SMARTS) is 1. The Balaban J connectivity index is 1.70. The van der Waals surface area contributed by atoms with Gasteiger partial charge in [0.15, 0.2) is 0 Å². The first-order chi connectivity index (χ1) is 14.5. The van der Waals surface area contributed by atoms with E-state index in [4.69, 9.17) is 0 Å². The third kappa shape index (κ3) is 4.80. The number of rotatable bonds is 5. The molecule has 4 nitrogen and oxygen atoms in total. The van der Waals surface area contributed by atoms with Gasteiger partial charge in [0.2, 0.25) is 5.91 Å². The van der Waals surface area contributed by atoms with Crippen molar-refractivity contribution in [1.29, 1.82) is 0 Å². The van der Waals surface area contributed by atoms with E-state index in [2.05, 4.69) is 13.0 Å². The van der Waals surface area contributed by atoms with Crippen LogP contribution in [0, 0.1) is 11.8 Å². The average molecular weight is 448 g/mol. The van der Waals surface area contributed by atoms with Crippen LogP contribution < -0.4 is 4.90 Å². The summed E-state index contributed by atoms with van der Waals surface area (Å²) in [4.78, 5) is 29.3. The number of anilines is 1. The van der Waals surface area contributed by atoms with E-state index in [1.807, 2.05) is 22.7 Å². The number of amides is 1. The highest BCUT2D eigenvalue weighted by Crippen LogP contribution is 2.41. The molecule has 1 saturated heterocycles. The number of carbonyl (C=O) groups is 2. The Labute approximate surface area is 188 Å². The molecule has 0 atom stereocenters. The molecule has 6 heteroatoms. The highest BCUT2D eigenvalue weighted by molar-refractivity contribution is 7.99. The molecular formula is C24H33NO3S2. The summed E-state index contributed by atoms with van der Waals surface area (Å²) in [6, 6.07) is 2.15. The number of hydrogen-bond donors (Lipinski definition) is 1. The number of hydrogen-bond acceptors (Lipinski definition) is 4. The third-order valence-corrected chi connectivity index (χ3v) is 9.17. The van der Waals surface area contributed by atoms with Crippen LogP contribution in [-0.4, -0.2) is 34.5 Å². The van der Waals surface area contributed by atoms with Gasteiger partial charge in [-0.3, -0.25) is 4.79 Å². The van der Waals surface area contributed by atoms with Crippen molar-refractivity contribution in [3.8, 4) is 0 Å². The normalized spacial score (nSPS) is 25.6. The van der Waals surface area contributed by atoms with Gasteiger partial charge in [-0.15, -0.1) is 11.3 Å². The van der Waals surface area contributed by atoms with E-state index in [0.717, 1.165) is 74.2 Å². The van der Waals surface area contributed by atoms with Crippen molar-refractivity contribution in [2.75, 3.05) is 16.4 Å². The van der Waals surface area contributed by atoms with Crippen molar-refractivity contribution in [2.45, 2.75) is 77.2 Å². The van der Waals surface area contributed by atoms with Gasteiger partial charge in [0.25, 0.3) is 0 Å². The third-order valence-electron chi connectivity index (χ3n) is 6.93. The molecule has 4 rings (SSSR count). The van der Waals surface area contributed by atoms with E-state index in [-0.39, 0.29) is 17.9 Å². The first kappa shape index (κ1) is 21.9. The molecule has 0 unspecified atom stereocenters. The van der Waals surface area contributed by atoms with Crippen molar-refractivity contribution >= 4 is 46.2 Å². The number of aromatic carboxylic acids is 1. The van der Waals surface area contributed by atoms with Gasteiger partial charge < -0.3 is 10.0 Å². The minimum absolute atomic E-state index is 0.0367. The van der Waals surface area contributed by atoms with Gasteiger partial charge in [0.05, 0.1) is 5.69 Å². The Kier molecular flexibility index (Phi) is 7.24. The van der Waals surface area contributed by atoms with Crippen LogP contribution in [0.5, 0.6) is 0 Å². The second-order valence-electron chi connectivity index (χ2n) is 9.11. The van der Waals surface area contributed by atoms with Gasteiger partial charge in [-0.1, -0.05) is 13.0 Å². The summed E-state index contributed by atoms with van der Waals surface area (Å²) in [5.74, 6) is 2.08. The maximum absolute atomic E-state index is 13.8. The van der Waals surface area contributed by atoms with Gasteiger partial charge in [-0.2, -0.15) is 11.8 Å². The fourth-order valence-electron chi connectivity index (χ4n) is 5.08. The van der Waals surface area contributed by atoms with Crippen LogP contribution in [0.15, 0.2) is 12.1 Å². The van der Waals surface area contributed by atoms with Crippen LogP contribution in [0.1, 0.15) is 85.7 Å². The molecule has 1 amide bonds. The minimum Gasteiger partial charge on any atom is -0.477 e. The molecule has 30 heavy (non-hydrogen) atoms. The standard InChI is InChI=1S/C24H33NO3S2/c1-16-7-9-18(10-8-16)23(26)25(19-11-13-29-14-12-19)20-15-21(30-22(20)24(27)28)17-5-3-2-4-6-17/h5,15-16,18-19H,2-4,6-14H2,1H3,(H,27,28). The maximum Gasteiger partial charge on any atom is 0.348 e. The number of allylic oxidation sites excluding steroid dienone is 2. The molecule has 0 spiro atoms. The second kappa shape index (κ2) is 9.90. The van der Waals surface area contributed by atoms with Gasteiger partial charge in [0, 0.05) is 16.8 Å². The van der Waals surface area contributed by atoms with E-state index in [9.17, 15) is 14.7 Å². The van der Waals surface area contributed by atoms with Crippen molar-refractivity contribution < 1.29 is 14.7 Å². The largest absolute Gasteiger partial charge is 0.477 e. The van der Waals surface area contributed by atoms with Gasteiger partial charge in [-0.05, 0) is 93.3 Å². The van der Waals surface area contributed by atoms with Crippen LogP contribution in [0.25, 0.3) is 5.57 Å². The summed E-state index contributed by atoms with van der Waals surface area (Å²) in [6.45, 7) is 2.27. The SMILES string of the molecule is CC1CCC(C(=O)N(c2cc(C3=CCCCC3)sc2C(=O)O)C2CCSCC2)CC1. The zero-order chi connectivity index (χ0) is 21.1. The number of carbonyl (C=O) groups excluding carboxylic acids is 1. The molecule has 0 aromatic carbocycles. The van der Waals surface area contributed by atoms with Crippen LogP contribution in [0.2, 0.25) is 0 Å². The van der Waals surface area contributed by atoms with Crippen LogP contribution in [0.4, 0.5) is 5.69 Å². The quantitative estimate of drug-likeness (QED) is 0.563. The molecule has 2 heterocycles. The van der Waals surface area contributed by atoms with Crippen molar-refractivity contribution in [3.63, 3.8) is 0 Å². The first-order valence-electron chi connectivity index (χ1n) is 11.5. The summed E-state index contributed by atoms with van der Waals surface area (Å²) in [5, 5.41) is 10.0. The summed E-state index contributed by atoms with van der Waals surface area (Å²) in [7, 11) is 0. The summed E-state index contributed by atoms with van der Waals surface area (Å²) < 4.78 is 0. The molecule has 2 aliphatic carbocycles. The highest BCUT2D eigenvalue weighted by atomic mass is 32.2. The Morgan fingerprint density at radius 3 is 2.43 bits per heavy atom. The van der Waals surface area contributed by atoms with Crippen LogP contribution >= 0.6 is 23.1 Å². The Hall–Kier alpha value is -1.27. The van der Waals surface area contributed by atoms with Gasteiger partial charge in [0.1, 0.15) is 4.88 Å². The zero-order valence-corrected chi connectivity index (χ0v) is 19.5. The second-order valence-corrected chi connectivity index (χ2v) is 11.4. The number of carboxylic acids is 1. The molecule has 164 valence electrons. The molecule has 1 aromatic rings. The van der Waals surface area contributed by atoms with E-state index in [0.29, 0.717) is 16.5 Å². The molecule has 1 aliphatic heterocycles. The molecular weight excluding hydrogens is 414 g/mol. The first-order valence-corrected chi connectivity index (χ1v) is 13.5. The van der Waals surface area contributed by atoms with Gasteiger partial charge >= 0.3 is 5.97 Å². The average Bonchev–Trinajstić information content (AvgIpc) is 3.21. The molecule has 3 aliphatic rings. The van der Waals surface area contributed by atoms with Crippen LogP contribution in [-0.2, 0) is 4.79 Å². The van der Waals surface area contributed by atoms with Gasteiger partial charge in [-0.25, -0.2) is 4.79 Å². The number of thiophene rings is 1. The molecule has 2 fully saturated rings. The zero-order valence-electron chi connectivity index (χ0n) is 17.9. The van der Waals surface area contributed by atoms with E-state index in [1.54, 1.807) is 0 Å². The fraction of sp³-hybridized carbons (Fsp3) is 0.667. The predicted octanol–water partition coefficient (Wildman–Crippen LogP) is 6.46.